The number of nitrogens with one attached hydrogen (secondary N) is 1. The van der Waals surface area contributed by atoms with Crippen LogP contribution in [0.4, 0.5) is 9.18 Å². The lowest BCUT2D eigenvalue weighted by Crippen LogP contribution is -2.44. The average molecular weight is 516 g/mol. The van der Waals surface area contributed by atoms with E-state index < -0.39 is 11.9 Å². The molecule has 0 aliphatic carbocycles. The van der Waals surface area contributed by atoms with Gasteiger partial charge in [-0.15, -0.1) is 0 Å². The van der Waals surface area contributed by atoms with E-state index in [0.717, 1.165) is 43.8 Å². The van der Waals surface area contributed by atoms with Crippen LogP contribution in [0.5, 0.6) is 5.75 Å². The van der Waals surface area contributed by atoms with Gasteiger partial charge in [-0.25, -0.2) is 9.18 Å². The van der Waals surface area contributed by atoms with Crippen molar-refractivity contribution >= 4 is 29.7 Å². The Hall–Kier alpha value is -3.10. The van der Waals surface area contributed by atoms with Crippen LogP contribution in [-0.2, 0) is 0 Å². The number of ether oxygens (including phenoxy) is 1. The molecule has 2 aliphatic heterocycles. The van der Waals surface area contributed by atoms with Crippen molar-refractivity contribution in [1.82, 2.24) is 15.1 Å². The van der Waals surface area contributed by atoms with Crippen LogP contribution in [0.25, 0.3) is 6.08 Å². The Kier molecular flexibility index (Phi) is 8.83. The van der Waals surface area contributed by atoms with Gasteiger partial charge in [0, 0.05) is 57.2 Å². The fourth-order valence-electron chi connectivity index (χ4n) is 4.52. The zero-order chi connectivity index (χ0) is 25.5. The third-order valence-electron chi connectivity index (χ3n) is 6.67. The summed E-state index contributed by atoms with van der Waals surface area (Å²) in [6, 6.07) is 12.0. The summed E-state index contributed by atoms with van der Waals surface area (Å²) >= 11 is 5.78. The summed E-state index contributed by atoms with van der Waals surface area (Å²) in [7, 11) is 0. The van der Waals surface area contributed by atoms with E-state index in [-0.39, 0.29) is 23.1 Å². The standard InChI is InChI=1S/C27H31ClFN3O4/c28-24-18-20(5-8-25(24)29)26(33)30-21-9-14-31(15-10-21)13-1-2-19-3-6-22(7-4-19)36-23-11-16-32(17-12-23)27(34)35/h1-8,18,21,23H,9-17H2,(H,30,33)(H,34,35)/b2-1+. The molecular formula is C27H31ClFN3O4. The number of carbonyl (C=O) groups is 2. The number of carbonyl (C=O) groups excluding carboxylic acids is 1. The second-order valence-corrected chi connectivity index (χ2v) is 9.64. The number of likely N-dealkylation sites (tertiary alicyclic amines) is 2. The van der Waals surface area contributed by atoms with E-state index in [1.54, 1.807) is 0 Å². The zero-order valence-electron chi connectivity index (χ0n) is 20.0. The molecule has 192 valence electrons. The largest absolute Gasteiger partial charge is 0.490 e. The van der Waals surface area contributed by atoms with E-state index in [1.165, 1.54) is 23.1 Å². The van der Waals surface area contributed by atoms with Crippen LogP contribution < -0.4 is 10.1 Å². The predicted molar refractivity (Wildman–Crippen MR) is 137 cm³/mol. The Balaban J connectivity index is 1.16. The molecule has 2 aromatic rings. The number of halogens is 2. The van der Waals surface area contributed by atoms with Crippen molar-refractivity contribution < 1.29 is 23.8 Å². The van der Waals surface area contributed by atoms with Crippen LogP contribution in [0.3, 0.4) is 0 Å². The highest BCUT2D eigenvalue weighted by Crippen LogP contribution is 2.21. The zero-order valence-corrected chi connectivity index (χ0v) is 20.8. The molecule has 2 fully saturated rings. The van der Waals surface area contributed by atoms with Crippen molar-refractivity contribution in [2.45, 2.75) is 37.8 Å². The van der Waals surface area contributed by atoms with Crippen LogP contribution in [0.15, 0.2) is 48.5 Å². The smallest absolute Gasteiger partial charge is 0.407 e. The minimum atomic E-state index is -0.867. The summed E-state index contributed by atoms with van der Waals surface area (Å²) in [6.45, 7) is 3.61. The van der Waals surface area contributed by atoms with Gasteiger partial charge in [0.2, 0.25) is 0 Å². The molecule has 2 heterocycles. The van der Waals surface area contributed by atoms with Gasteiger partial charge in [-0.05, 0) is 48.7 Å². The van der Waals surface area contributed by atoms with Crippen molar-refractivity contribution in [2.24, 2.45) is 0 Å². The normalized spacial score (nSPS) is 17.9. The topological polar surface area (TPSA) is 82.1 Å². The lowest BCUT2D eigenvalue weighted by Gasteiger charge is -2.31. The summed E-state index contributed by atoms with van der Waals surface area (Å²) in [5.74, 6) is 0.0374. The molecule has 36 heavy (non-hydrogen) atoms. The Morgan fingerprint density at radius 3 is 2.39 bits per heavy atom. The van der Waals surface area contributed by atoms with Crippen LogP contribution in [0.1, 0.15) is 41.6 Å². The fourth-order valence-corrected chi connectivity index (χ4v) is 4.70. The maximum absolute atomic E-state index is 13.3. The van der Waals surface area contributed by atoms with Crippen molar-refractivity contribution in [3.8, 4) is 5.75 Å². The molecule has 0 bridgehead atoms. The minimum Gasteiger partial charge on any atom is -0.490 e. The first-order chi connectivity index (χ1) is 17.4. The molecule has 2 N–H and O–H groups in total. The van der Waals surface area contributed by atoms with Gasteiger partial charge in [0.25, 0.3) is 5.91 Å². The first-order valence-corrected chi connectivity index (χ1v) is 12.6. The molecule has 2 aromatic carbocycles. The van der Waals surface area contributed by atoms with Gasteiger partial charge in [0.15, 0.2) is 0 Å². The average Bonchev–Trinajstić information content (AvgIpc) is 2.88. The monoisotopic (exact) mass is 515 g/mol. The second-order valence-electron chi connectivity index (χ2n) is 9.24. The molecule has 0 unspecified atom stereocenters. The maximum atomic E-state index is 13.3. The molecule has 0 saturated carbocycles. The Morgan fingerprint density at radius 2 is 1.75 bits per heavy atom. The van der Waals surface area contributed by atoms with Crippen LogP contribution >= 0.6 is 11.6 Å². The summed E-state index contributed by atoms with van der Waals surface area (Å²) < 4.78 is 19.3. The van der Waals surface area contributed by atoms with Gasteiger partial charge in [0.05, 0.1) is 5.02 Å². The molecule has 2 saturated heterocycles. The highest BCUT2D eigenvalue weighted by molar-refractivity contribution is 6.31. The Morgan fingerprint density at radius 1 is 1.06 bits per heavy atom. The Labute approximate surface area is 215 Å². The molecule has 9 heteroatoms. The first kappa shape index (κ1) is 26.0. The van der Waals surface area contributed by atoms with E-state index >= 15 is 0 Å². The van der Waals surface area contributed by atoms with Gasteiger partial charge >= 0.3 is 6.09 Å². The quantitative estimate of drug-likeness (QED) is 0.547. The van der Waals surface area contributed by atoms with Gasteiger partial charge in [-0.2, -0.15) is 0 Å². The molecule has 2 amide bonds. The van der Waals surface area contributed by atoms with E-state index in [4.69, 9.17) is 21.4 Å². The van der Waals surface area contributed by atoms with Gasteiger partial charge in [0.1, 0.15) is 17.7 Å². The molecule has 4 rings (SSSR count). The molecule has 2 aliphatic rings. The number of carboxylic acid groups (broad SMARTS) is 1. The van der Waals surface area contributed by atoms with Gasteiger partial charge in [-0.1, -0.05) is 35.9 Å². The van der Waals surface area contributed by atoms with Crippen LogP contribution in [0, 0.1) is 5.82 Å². The third kappa shape index (κ3) is 7.21. The lowest BCUT2D eigenvalue weighted by molar-refractivity contribution is 0.0891. The highest BCUT2D eigenvalue weighted by atomic mass is 35.5. The van der Waals surface area contributed by atoms with Crippen LogP contribution in [0.2, 0.25) is 5.02 Å². The molecule has 0 spiro atoms. The van der Waals surface area contributed by atoms with Gasteiger partial charge in [-0.3, -0.25) is 9.69 Å². The van der Waals surface area contributed by atoms with Crippen LogP contribution in [-0.4, -0.2) is 71.8 Å². The number of benzene rings is 2. The number of amides is 2. The van der Waals surface area contributed by atoms with Crippen molar-refractivity contribution in [1.29, 1.82) is 0 Å². The molecule has 0 atom stereocenters. The number of hydrogen-bond acceptors (Lipinski definition) is 4. The SMILES string of the molecule is O=C(NC1CCN(C/C=C/c2ccc(OC3CCN(C(=O)O)CC3)cc2)CC1)c1ccc(F)c(Cl)c1. The van der Waals surface area contributed by atoms with Crippen molar-refractivity contribution in [3.63, 3.8) is 0 Å². The number of piperidine rings is 2. The first-order valence-electron chi connectivity index (χ1n) is 12.3. The molecule has 7 nitrogen and oxygen atoms in total. The molecule has 0 radical (unpaired) electrons. The third-order valence-corrected chi connectivity index (χ3v) is 6.96. The number of hydrogen-bond donors (Lipinski definition) is 2. The van der Waals surface area contributed by atoms with E-state index in [1.807, 2.05) is 24.3 Å². The number of rotatable bonds is 7. The number of nitrogens with zero attached hydrogens (tertiary/aromatic N) is 2. The summed E-state index contributed by atoms with van der Waals surface area (Å²) in [5, 5.41) is 12.0. The lowest BCUT2D eigenvalue weighted by atomic mass is 10.0. The van der Waals surface area contributed by atoms with E-state index in [9.17, 15) is 14.0 Å². The van der Waals surface area contributed by atoms with E-state index in [2.05, 4.69) is 22.4 Å². The molecule has 0 aromatic heterocycles. The van der Waals surface area contributed by atoms with Gasteiger partial charge < -0.3 is 20.1 Å². The summed E-state index contributed by atoms with van der Waals surface area (Å²) in [4.78, 5) is 27.2. The predicted octanol–water partition coefficient (Wildman–Crippen LogP) is 4.91. The molecular weight excluding hydrogens is 485 g/mol. The minimum absolute atomic E-state index is 0.0446. The second kappa shape index (κ2) is 12.2. The van der Waals surface area contributed by atoms with Crippen molar-refractivity contribution in [2.75, 3.05) is 32.7 Å². The summed E-state index contributed by atoms with van der Waals surface area (Å²) in [5.41, 5.74) is 1.45. The Bertz CT molecular complexity index is 1080. The summed E-state index contributed by atoms with van der Waals surface area (Å²) in [6.07, 6.45) is 6.51. The highest BCUT2D eigenvalue weighted by Gasteiger charge is 2.23. The van der Waals surface area contributed by atoms with E-state index in [0.29, 0.717) is 31.5 Å². The maximum Gasteiger partial charge on any atom is 0.407 e. The van der Waals surface area contributed by atoms with Crippen molar-refractivity contribution in [3.05, 3.63) is 70.5 Å². The fraction of sp³-hybridized carbons (Fsp3) is 0.407.